The quantitative estimate of drug-likeness (QED) is 0.169. The summed E-state index contributed by atoms with van der Waals surface area (Å²) in [5, 5.41) is 29.2. The van der Waals surface area contributed by atoms with Gasteiger partial charge in [-0.3, -0.25) is 0 Å². The fraction of sp³-hybridized carbons (Fsp3) is 0. The van der Waals surface area contributed by atoms with E-state index in [9.17, 15) is 10.5 Å². The molecule has 314 valence electrons. The van der Waals surface area contributed by atoms with E-state index in [4.69, 9.17) is 23.8 Å². The zero-order valence-corrected chi connectivity index (χ0v) is 35.8. The van der Waals surface area contributed by atoms with Crippen LogP contribution >= 0.6 is 0 Å². The lowest BCUT2D eigenvalue weighted by Gasteiger charge is -2.17. The first-order valence-electron chi connectivity index (χ1n) is 22.2. The molecule has 9 heteroatoms. The third-order valence-electron chi connectivity index (χ3n) is 13.2. The Morgan fingerprint density at radius 1 is 0.368 bits per heavy atom. The normalized spacial score (nSPS) is 11.8. The van der Waals surface area contributed by atoms with Gasteiger partial charge in [-0.1, -0.05) is 103 Å². The summed E-state index contributed by atoms with van der Waals surface area (Å²) in [6.07, 6.45) is 0. The van der Waals surface area contributed by atoms with Crippen LogP contribution in [0.1, 0.15) is 11.1 Å². The van der Waals surface area contributed by atoms with E-state index in [0.29, 0.717) is 39.7 Å². The van der Waals surface area contributed by atoms with Crippen molar-refractivity contribution in [3.63, 3.8) is 0 Å². The molecule has 14 aromatic rings. The number of rotatable bonds is 5. The van der Waals surface area contributed by atoms with E-state index in [1.54, 1.807) is 0 Å². The van der Waals surface area contributed by atoms with E-state index in [1.807, 2.05) is 127 Å². The van der Waals surface area contributed by atoms with Crippen LogP contribution in [0.15, 0.2) is 197 Å². The van der Waals surface area contributed by atoms with Crippen molar-refractivity contribution in [1.29, 1.82) is 10.5 Å². The molecule has 9 nitrogen and oxygen atoms in total. The van der Waals surface area contributed by atoms with Gasteiger partial charge in [0.05, 0.1) is 67.5 Å². The zero-order chi connectivity index (χ0) is 45.0. The Hall–Kier alpha value is -9.83. The van der Waals surface area contributed by atoms with E-state index in [-0.39, 0.29) is 0 Å². The highest BCUT2D eigenvalue weighted by Gasteiger charge is 2.26. The first-order valence-corrected chi connectivity index (χ1v) is 22.2. The molecular weight excluding hydrogens is 839 g/mol. The minimum Gasteiger partial charge on any atom is -0.456 e. The molecule has 0 N–H and O–H groups in total. The molecule has 0 saturated carbocycles. The molecule has 5 heterocycles. The molecule has 0 atom stereocenters. The van der Waals surface area contributed by atoms with Crippen LogP contribution in [-0.2, 0) is 0 Å². The van der Waals surface area contributed by atoms with Crippen molar-refractivity contribution in [3.8, 4) is 57.7 Å². The summed E-state index contributed by atoms with van der Waals surface area (Å²) in [6.45, 7) is 0. The largest absolute Gasteiger partial charge is 0.456 e. The second kappa shape index (κ2) is 14.3. The first kappa shape index (κ1) is 37.5. The van der Waals surface area contributed by atoms with Crippen LogP contribution in [0.5, 0.6) is 0 Å². The van der Waals surface area contributed by atoms with Crippen molar-refractivity contribution in [2.45, 2.75) is 0 Å². The topological polar surface area (TPSA) is 122 Å². The molecule has 0 amide bonds. The van der Waals surface area contributed by atoms with Gasteiger partial charge in [-0.05, 0) is 84.9 Å². The number of aromatic nitrogens is 5. The monoisotopic (exact) mass is 869 g/mol. The molecule has 0 spiro atoms. The third-order valence-corrected chi connectivity index (χ3v) is 13.2. The van der Waals surface area contributed by atoms with Crippen molar-refractivity contribution >= 4 is 87.5 Å². The fourth-order valence-electron chi connectivity index (χ4n) is 10.3. The molecule has 0 radical (unpaired) electrons. The van der Waals surface area contributed by atoms with Crippen LogP contribution in [0.25, 0.3) is 133 Å². The van der Waals surface area contributed by atoms with E-state index in [1.165, 1.54) is 0 Å². The summed E-state index contributed by atoms with van der Waals surface area (Å²) >= 11 is 0. The summed E-state index contributed by atoms with van der Waals surface area (Å²) in [5.74, 6) is 1.15. The SMILES string of the molecule is N#Cc1ccc(-n2c3ccccc3c3ccc4oc5ccccc5c4c32)c(-c2nc(-c3ccccc3)nc(-c3cc(C#N)ccc3-n3c4ccccc4c4ccc5oc6ccccc6c5c43)n2)c1. The van der Waals surface area contributed by atoms with Gasteiger partial charge in [-0.2, -0.15) is 10.5 Å². The predicted molar refractivity (Wildman–Crippen MR) is 269 cm³/mol. The summed E-state index contributed by atoms with van der Waals surface area (Å²) in [6, 6.07) is 67.2. The highest BCUT2D eigenvalue weighted by molar-refractivity contribution is 6.26. The number of benzene rings is 9. The Morgan fingerprint density at radius 2 is 0.794 bits per heavy atom. The molecule has 0 fully saturated rings. The van der Waals surface area contributed by atoms with E-state index >= 15 is 0 Å². The molecule has 0 unspecified atom stereocenters. The highest BCUT2D eigenvalue weighted by Crippen LogP contribution is 2.45. The molecule has 0 bridgehead atoms. The lowest BCUT2D eigenvalue weighted by Crippen LogP contribution is -2.06. The van der Waals surface area contributed by atoms with Gasteiger partial charge in [-0.15, -0.1) is 0 Å². The van der Waals surface area contributed by atoms with Crippen molar-refractivity contribution in [3.05, 3.63) is 199 Å². The fourth-order valence-corrected chi connectivity index (χ4v) is 10.3. The first-order chi connectivity index (χ1) is 33.6. The van der Waals surface area contributed by atoms with Gasteiger partial charge in [0.15, 0.2) is 17.5 Å². The minimum absolute atomic E-state index is 0.356. The van der Waals surface area contributed by atoms with Crippen molar-refractivity contribution < 1.29 is 8.83 Å². The number of nitriles is 2. The molecule has 68 heavy (non-hydrogen) atoms. The lowest BCUT2D eigenvalue weighted by molar-refractivity contribution is 0.669. The highest BCUT2D eigenvalue weighted by atomic mass is 16.3. The minimum atomic E-state index is 0.356. The van der Waals surface area contributed by atoms with Crippen LogP contribution in [0.2, 0.25) is 0 Å². The third kappa shape index (κ3) is 5.39. The standard InChI is InChI=1S/C59H31N7O2/c60-32-34-22-26-47(65-45-18-8-4-14-37(45)39-24-28-51-53(55(39)65)41-16-6-10-20-49(41)67-51)43(30-34)58-62-57(36-12-2-1-3-13-36)63-59(64-58)44-31-35(33-61)23-27-48(44)66-46-19-9-5-15-38(46)40-25-29-52-54(56(40)66)42-17-7-11-21-50(42)68-52/h1-31H. The molecule has 0 aliphatic rings. The number of fused-ring (bicyclic) bond motifs is 14. The second-order valence-corrected chi connectivity index (χ2v) is 16.9. The molecular formula is C59H31N7O2. The van der Waals surface area contributed by atoms with Crippen LogP contribution in [0, 0.1) is 22.7 Å². The molecule has 9 aromatic carbocycles. The van der Waals surface area contributed by atoms with Crippen LogP contribution in [0.4, 0.5) is 0 Å². The molecule has 5 aromatic heterocycles. The Kier molecular flexibility index (Phi) is 7.91. The summed E-state index contributed by atoms with van der Waals surface area (Å²) in [5.41, 5.74) is 11.4. The van der Waals surface area contributed by atoms with E-state index in [0.717, 1.165) is 104 Å². The van der Waals surface area contributed by atoms with Gasteiger partial charge in [0, 0.05) is 49.0 Å². The average Bonchev–Trinajstić information content (AvgIpc) is 4.16. The maximum atomic E-state index is 10.5. The summed E-state index contributed by atoms with van der Waals surface area (Å²) < 4.78 is 17.4. The number of para-hydroxylation sites is 4. The maximum Gasteiger partial charge on any atom is 0.166 e. The van der Waals surface area contributed by atoms with Crippen molar-refractivity contribution in [2.24, 2.45) is 0 Å². The summed E-state index contributed by atoms with van der Waals surface area (Å²) in [4.78, 5) is 15.9. The maximum absolute atomic E-state index is 10.5. The van der Waals surface area contributed by atoms with Gasteiger partial charge in [0.25, 0.3) is 0 Å². The lowest BCUT2D eigenvalue weighted by atomic mass is 10.0. The Balaban J connectivity index is 1.10. The Morgan fingerprint density at radius 3 is 1.28 bits per heavy atom. The second-order valence-electron chi connectivity index (χ2n) is 16.9. The number of furan rings is 2. The molecule has 14 rings (SSSR count). The van der Waals surface area contributed by atoms with Gasteiger partial charge in [0.2, 0.25) is 0 Å². The Bertz CT molecular complexity index is 4270. The average molecular weight is 870 g/mol. The van der Waals surface area contributed by atoms with Crippen LogP contribution in [0.3, 0.4) is 0 Å². The molecule has 0 aliphatic heterocycles. The van der Waals surface area contributed by atoms with E-state index in [2.05, 4.69) is 81.9 Å². The van der Waals surface area contributed by atoms with Crippen molar-refractivity contribution in [1.82, 2.24) is 24.1 Å². The Labute approximate surface area is 386 Å². The molecule has 0 aliphatic carbocycles. The van der Waals surface area contributed by atoms with Crippen LogP contribution in [-0.4, -0.2) is 24.1 Å². The zero-order valence-electron chi connectivity index (χ0n) is 35.8. The van der Waals surface area contributed by atoms with Crippen LogP contribution < -0.4 is 0 Å². The molecule has 0 saturated heterocycles. The van der Waals surface area contributed by atoms with Gasteiger partial charge in [-0.25, -0.2) is 15.0 Å². The van der Waals surface area contributed by atoms with Gasteiger partial charge >= 0.3 is 0 Å². The smallest absolute Gasteiger partial charge is 0.166 e. The number of hydrogen-bond donors (Lipinski definition) is 0. The van der Waals surface area contributed by atoms with Crippen molar-refractivity contribution in [2.75, 3.05) is 0 Å². The predicted octanol–water partition coefficient (Wildman–Crippen LogP) is 14.6. The summed E-state index contributed by atoms with van der Waals surface area (Å²) in [7, 11) is 0. The van der Waals surface area contributed by atoms with E-state index < -0.39 is 0 Å². The number of hydrogen-bond acceptors (Lipinski definition) is 7. The van der Waals surface area contributed by atoms with Gasteiger partial charge in [0.1, 0.15) is 22.3 Å². The van der Waals surface area contributed by atoms with Gasteiger partial charge < -0.3 is 18.0 Å². The number of nitrogens with zero attached hydrogens (tertiary/aromatic N) is 7.